The van der Waals surface area contributed by atoms with Crippen LogP contribution in [0.15, 0.2) is 42.6 Å². The van der Waals surface area contributed by atoms with Crippen LogP contribution in [0.2, 0.25) is 5.02 Å². The average molecular weight is 446 g/mol. The molecular weight excluding hydrogens is 424 g/mol. The summed E-state index contributed by atoms with van der Waals surface area (Å²) in [5.74, 6) is 0.266. The third-order valence-electron chi connectivity index (χ3n) is 5.53. The minimum Gasteiger partial charge on any atom is -0.481 e. The number of hydrogen-bond donors (Lipinski definition) is 2. The van der Waals surface area contributed by atoms with Gasteiger partial charge < -0.3 is 15.4 Å². The Morgan fingerprint density at radius 2 is 2.00 bits per heavy atom. The highest BCUT2D eigenvalue weighted by Gasteiger charge is 2.42. The summed E-state index contributed by atoms with van der Waals surface area (Å²) in [5.41, 5.74) is 1.33. The summed E-state index contributed by atoms with van der Waals surface area (Å²) >= 11 is 6.03. The smallest absolute Gasteiger partial charge is 0.319 e. The second kappa shape index (κ2) is 8.30. The van der Waals surface area contributed by atoms with Gasteiger partial charge in [0.1, 0.15) is 19.1 Å². The highest BCUT2D eigenvalue weighted by Crippen LogP contribution is 2.41. The summed E-state index contributed by atoms with van der Waals surface area (Å²) in [5, 5.41) is 7.89. The highest BCUT2D eigenvalue weighted by atomic mass is 35.5. The SMILES string of the molecule is Cc1cc2c(NC(=O)N[C@@H]3CC(CF)(CF)Oc4cc(Cl)ccc43)c(C)ccc2cn1. The Morgan fingerprint density at radius 1 is 1.23 bits per heavy atom. The lowest BCUT2D eigenvalue weighted by molar-refractivity contribution is -0.0104. The molecule has 2 aromatic carbocycles. The Labute approximate surface area is 183 Å². The topological polar surface area (TPSA) is 63.2 Å². The van der Waals surface area contributed by atoms with Crippen molar-refractivity contribution >= 4 is 34.1 Å². The number of urea groups is 1. The molecule has 0 saturated carbocycles. The van der Waals surface area contributed by atoms with Crippen molar-refractivity contribution in [3.8, 4) is 5.75 Å². The Morgan fingerprint density at radius 3 is 2.74 bits per heavy atom. The number of benzene rings is 2. The molecule has 1 atom stereocenters. The van der Waals surface area contributed by atoms with Gasteiger partial charge in [0, 0.05) is 39.7 Å². The van der Waals surface area contributed by atoms with Crippen molar-refractivity contribution in [3.63, 3.8) is 0 Å². The largest absolute Gasteiger partial charge is 0.481 e. The first kappa shape index (κ1) is 21.3. The van der Waals surface area contributed by atoms with Crippen LogP contribution in [0.3, 0.4) is 0 Å². The molecule has 31 heavy (non-hydrogen) atoms. The molecule has 2 amide bonds. The van der Waals surface area contributed by atoms with Crippen LogP contribution in [-0.4, -0.2) is 30.0 Å². The van der Waals surface area contributed by atoms with E-state index in [9.17, 15) is 13.6 Å². The van der Waals surface area contributed by atoms with Gasteiger partial charge in [0.2, 0.25) is 0 Å². The van der Waals surface area contributed by atoms with Crippen molar-refractivity contribution in [3.05, 3.63) is 64.4 Å². The Hall–Kier alpha value is -2.93. The van der Waals surface area contributed by atoms with Crippen molar-refractivity contribution in [2.24, 2.45) is 0 Å². The van der Waals surface area contributed by atoms with E-state index in [1.807, 2.05) is 32.0 Å². The van der Waals surface area contributed by atoms with Gasteiger partial charge in [-0.3, -0.25) is 4.98 Å². The van der Waals surface area contributed by atoms with E-state index >= 15 is 0 Å². The monoisotopic (exact) mass is 445 g/mol. The molecular formula is C23H22ClF2N3O2. The molecule has 0 bridgehead atoms. The molecule has 0 unspecified atom stereocenters. The third kappa shape index (κ3) is 4.14. The molecule has 2 N–H and O–H groups in total. The molecule has 8 heteroatoms. The number of alkyl halides is 2. The van der Waals surface area contributed by atoms with E-state index in [-0.39, 0.29) is 12.2 Å². The lowest BCUT2D eigenvalue weighted by atomic mass is 9.88. The summed E-state index contributed by atoms with van der Waals surface area (Å²) in [6.07, 6.45) is 1.71. The quantitative estimate of drug-likeness (QED) is 0.531. The van der Waals surface area contributed by atoms with Crippen LogP contribution in [-0.2, 0) is 0 Å². The molecule has 4 rings (SSSR count). The summed E-state index contributed by atoms with van der Waals surface area (Å²) in [7, 11) is 0. The van der Waals surface area contributed by atoms with Crippen LogP contribution >= 0.6 is 11.6 Å². The molecule has 1 aromatic heterocycles. The van der Waals surface area contributed by atoms with E-state index in [0.717, 1.165) is 22.0 Å². The highest BCUT2D eigenvalue weighted by molar-refractivity contribution is 6.30. The van der Waals surface area contributed by atoms with Crippen molar-refractivity contribution in [2.45, 2.75) is 31.9 Å². The average Bonchev–Trinajstić information content (AvgIpc) is 2.75. The second-order valence-corrected chi connectivity index (χ2v) is 8.33. The number of nitrogens with zero attached hydrogens (tertiary/aromatic N) is 1. The number of carbonyl (C=O) groups is 1. The van der Waals surface area contributed by atoms with Crippen molar-refractivity contribution in [1.82, 2.24) is 10.3 Å². The number of hydrogen-bond acceptors (Lipinski definition) is 3. The molecule has 0 fully saturated rings. The molecule has 0 aliphatic carbocycles. The number of anilines is 1. The van der Waals surface area contributed by atoms with Crippen LogP contribution in [0.4, 0.5) is 19.3 Å². The fourth-order valence-electron chi connectivity index (χ4n) is 3.87. The lowest BCUT2D eigenvalue weighted by Crippen LogP contribution is -2.49. The standard InChI is InChI=1S/C23H22ClF2N3O2/c1-13-3-4-15-10-27-14(2)7-18(15)21(13)29-22(30)28-19-9-23(11-25,12-26)31-20-8-16(24)5-6-17(19)20/h3-8,10,19H,9,11-12H2,1-2H3,(H2,28,29,30)/t19-/m1/s1. The number of amides is 2. The van der Waals surface area contributed by atoms with Gasteiger partial charge in [0.15, 0.2) is 5.60 Å². The zero-order valence-corrected chi connectivity index (χ0v) is 17.9. The number of nitrogens with one attached hydrogen (secondary N) is 2. The van der Waals surface area contributed by atoms with Crippen LogP contribution in [0, 0.1) is 13.8 Å². The van der Waals surface area contributed by atoms with Crippen LogP contribution in [0.1, 0.15) is 29.3 Å². The van der Waals surface area contributed by atoms with Crippen LogP contribution in [0.25, 0.3) is 10.8 Å². The fourth-order valence-corrected chi connectivity index (χ4v) is 4.04. The number of aromatic nitrogens is 1. The second-order valence-electron chi connectivity index (χ2n) is 7.89. The number of ether oxygens (including phenoxy) is 1. The van der Waals surface area contributed by atoms with Crippen molar-refractivity contribution in [2.75, 3.05) is 18.7 Å². The Kier molecular flexibility index (Phi) is 5.71. The maximum atomic E-state index is 13.7. The summed E-state index contributed by atoms with van der Waals surface area (Å²) in [6, 6.07) is 9.47. The van der Waals surface area contributed by atoms with Crippen LogP contribution in [0.5, 0.6) is 5.75 Å². The summed E-state index contributed by atoms with van der Waals surface area (Å²) < 4.78 is 33.0. The maximum absolute atomic E-state index is 13.7. The predicted octanol–water partition coefficient (Wildman–Crippen LogP) is 5.83. The number of carbonyl (C=O) groups excluding carboxylic acids is 1. The van der Waals surface area contributed by atoms with Gasteiger partial charge >= 0.3 is 6.03 Å². The van der Waals surface area contributed by atoms with Crippen molar-refractivity contribution in [1.29, 1.82) is 0 Å². The molecule has 2 heterocycles. The van der Waals surface area contributed by atoms with E-state index in [2.05, 4.69) is 15.6 Å². The van der Waals surface area contributed by atoms with Gasteiger partial charge in [0.25, 0.3) is 0 Å². The molecule has 1 aliphatic heterocycles. The first-order chi connectivity index (χ1) is 14.8. The Balaban J connectivity index is 1.64. The minimum absolute atomic E-state index is 0.0421. The van der Waals surface area contributed by atoms with Gasteiger partial charge in [-0.2, -0.15) is 0 Å². The minimum atomic E-state index is -1.66. The van der Waals surface area contributed by atoms with Gasteiger partial charge in [-0.15, -0.1) is 0 Å². The fraction of sp³-hybridized carbons (Fsp3) is 0.304. The number of rotatable bonds is 4. The third-order valence-corrected chi connectivity index (χ3v) is 5.77. The molecule has 0 spiro atoms. The Bertz CT molecular complexity index is 1150. The van der Waals surface area contributed by atoms with E-state index in [1.165, 1.54) is 6.07 Å². The maximum Gasteiger partial charge on any atom is 0.319 e. The van der Waals surface area contributed by atoms with Gasteiger partial charge in [-0.05, 0) is 37.6 Å². The first-order valence-corrected chi connectivity index (χ1v) is 10.3. The molecule has 3 aromatic rings. The van der Waals surface area contributed by atoms with E-state index in [1.54, 1.807) is 18.3 Å². The van der Waals surface area contributed by atoms with E-state index < -0.39 is 31.0 Å². The number of fused-ring (bicyclic) bond motifs is 2. The van der Waals surface area contributed by atoms with Crippen molar-refractivity contribution < 1.29 is 18.3 Å². The molecule has 0 saturated heterocycles. The molecule has 5 nitrogen and oxygen atoms in total. The van der Waals surface area contributed by atoms with E-state index in [0.29, 0.717) is 16.3 Å². The van der Waals surface area contributed by atoms with Gasteiger partial charge in [0.05, 0.1) is 11.7 Å². The van der Waals surface area contributed by atoms with Crippen LogP contribution < -0.4 is 15.4 Å². The lowest BCUT2D eigenvalue weighted by Gasteiger charge is -2.39. The van der Waals surface area contributed by atoms with E-state index in [4.69, 9.17) is 16.3 Å². The molecule has 0 radical (unpaired) electrons. The number of aryl methyl sites for hydroxylation is 2. The number of pyridine rings is 1. The number of halogens is 3. The van der Waals surface area contributed by atoms with Gasteiger partial charge in [-0.1, -0.05) is 29.8 Å². The zero-order chi connectivity index (χ0) is 22.2. The molecule has 162 valence electrons. The predicted molar refractivity (Wildman–Crippen MR) is 117 cm³/mol. The summed E-state index contributed by atoms with van der Waals surface area (Å²) in [6.45, 7) is 1.73. The normalized spacial score (nSPS) is 17.0. The van der Waals surface area contributed by atoms with Gasteiger partial charge in [-0.25, -0.2) is 13.6 Å². The zero-order valence-electron chi connectivity index (χ0n) is 17.1. The molecule has 1 aliphatic rings. The first-order valence-electron chi connectivity index (χ1n) is 9.88. The summed E-state index contributed by atoms with van der Waals surface area (Å²) in [4.78, 5) is 17.2.